The third kappa shape index (κ3) is 5.14. The van der Waals surface area contributed by atoms with Crippen LogP contribution in [0.1, 0.15) is 61.6 Å². The van der Waals surface area contributed by atoms with Crippen molar-refractivity contribution in [2.75, 3.05) is 25.0 Å². The fourth-order valence-electron chi connectivity index (χ4n) is 5.52. The molecule has 0 bridgehead atoms. The van der Waals surface area contributed by atoms with Gasteiger partial charge in [-0.05, 0) is 56.2 Å². The monoisotopic (exact) mass is 449 g/mol. The summed E-state index contributed by atoms with van der Waals surface area (Å²) in [6.45, 7) is 6.34. The molecule has 0 aromatic heterocycles. The van der Waals surface area contributed by atoms with E-state index in [4.69, 9.17) is 4.74 Å². The number of para-hydroxylation sites is 1. The van der Waals surface area contributed by atoms with Crippen LogP contribution < -0.4 is 5.32 Å². The number of carbonyl (C=O) groups is 2. The normalized spacial score (nSPS) is 19.1. The highest BCUT2D eigenvalue weighted by atomic mass is 16.5. The molecule has 2 aliphatic rings. The lowest BCUT2D eigenvalue weighted by atomic mass is 10.00. The summed E-state index contributed by atoms with van der Waals surface area (Å²) in [6, 6.07) is 15.9. The van der Waals surface area contributed by atoms with Crippen molar-refractivity contribution in [1.82, 2.24) is 0 Å². The largest absolute Gasteiger partial charge is 0.457 e. The van der Waals surface area contributed by atoms with Crippen molar-refractivity contribution in [2.45, 2.75) is 70.9 Å². The van der Waals surface area contributed by atoms with Gasteiger partial charge in [-0.25, -0.2) is 4.79 Å². The van der Waals surface area contributed by atoms with Crippen molar-refractivity contribution < 1.29 is 18.8 Å². The van der Waals surface area contributed by atoms with Crippen molar-refractivity contribution in [3.05, 3.63) is 65.2 Å². The number of hydrogen-bond acceptors (Lipinski definition) is 3. The number of likely N-dealkylation sites (tertiary alicyclic amines) is 1. The summed E-state index contributed by atoms with van der Waals surface area (Å²) in [5, 5.41) is 3.26. The summed E-state index contributed by atoms with van der Waals surface area (Å²) in [5.41, 5.74) is 3.50. The van der Waals surface area contributed by atoms with E-state index in [9.17, 15) is 9.59 Å². The smallest absolute Gasteiger partial charge is 0.362 e. The van der Waals surface area contributed by atoms with Crippen LogP contribution in [0.25, 0.3) is 0 Å². The molecule has 0 spiro atoms. The molecule has 1 heterocycles. The number of nitrogens with zero attached hydrogens (tertiary/aromatic N) is 1. The number of hydrogen-bond donors (Lipinski definition) is 1. The topological polar surface area (TPSA) is 55.4 Å². The summed E-state index contributed by atoms with van der Waals surface area (Å²) in [5.74, 6) is -0.137. The molecule has 0 unspecified atom stereocenters. The van der Waals surface area contributed by atoms with E-state index in [2.05, 4.69) is 5.32 Å². The van der Waals surface area contributed by atoms with Gasteiger partial charge >= 0.3 is 5.97 Å². The van der Waals surface area contributed by atoms with Gasteiger partial charge in [0.25, 0.3) is 5.91 Å². The number of esters is 1. The molecule has 1 saturated carbocycles. The molecular weight excluding hydrogens is 412 g/mol. The summed E-state index contributed by atoms with van der Waals surface area (Å²) in [6.07, 6.45) is 7.31. The summed E-state index contributed by atoms with van der Waals surface area (Å²) in [7, 11) is 0. The quantitative estimate of drug-likeness (QED) is 0.461. The fourth-order valence-corrected chi connectivity index (χ4v) is 5.52. The van der Waals surface area contributed by atoms with Crippen LogP contribution in [0.3, 0.4) is 0 Å². The molecule has 2 aromatic carbocycles. The number of amides is 1. The van der Waals surface area contributed by atoms with Gasteiger partial charge in [0.05, 0.1) is 13.1 Å². The van der Waals surface area contributed by atoms with Gasteiger partial charge in [-0.15, -0.1) is 0 Å². The Hall–Kier alpha value is -2.66. The third-order valence-electron chi connectivity index (χ3n) is 7.62. The van der Waals surface area contributed by atoms with Gasteiger partial charge in [-0.2, -0.15) is 0 Å². The molecular formula is C28H37N2O3+. The van der Waals surface area contributed by atoms with E-state index < -0.39 is 5.54 Å². The van der Waals surface area contributed by atoms with E-state index in [0.29, 0.717) is 4.48 Å². The van der Waals surface area contributed by atoms with Crippen molar-refractivity contribution in [3.8, 4) is 0 Å². The maximum Gasteiger partial charge on any atom is 0.362 e. The first kappa shape index (κ1) is 23.5. The Bertz CT molecular complexity index is 954. The van der Waals surface area contributed by atoms with Gasteiger partial charge in [-0.3, -0.25) is 4.79 Å². The van der Waals surface area contributed by atoms with Crippen molar-refractivity contribution in [2.24, 2.45) is 0 Å². The highest BCUT2D eigenvalue weighted by Crippen LogP contribution is 2.49. The van der Waals surface area contributed by atoms with E-state index in [0.717, 1.165) is 74.0 Å². The van der Waals surface area contributed by atoms with E-state index in [1.54, 1.807) is 0 Å². The minimum absolute atomic E-state index is 0.0660. The lowest BCUT2D eigenvalue weighted by Crippen LogP contribution is -2.65. The standard InChI is InChI=1S/C28H36N2O3/c1-22-12-11-13-23(2)26(22)29-27(32)28(16-17-28)30(18-9-4-3-5-10-19-30)20-25(31)33-21-24-14-7-6-8-15-24/h6-8,11-15H,3-5,9-10,16-21H2,1-2H3/p+1. The van der Waals surface area contributed by atoms with Crippen molar-refractivity contribution >= 4 is 17.6 Å². The highest BCUT2D eigenvalue weighted by Gasteiger charge is 2.66. The molecule has 5 nitrogen and oxygen atoms in total. The van der Waals surface area contributed by atoms with Crippen LogP contribution >= 0.6 is 0 Å². The number of nitrogens with one attached hydrogen (secondary N) is 1. The van der Waals surface area contributed by atoms with E-state index in [1.165, 1.54) is 6.42 Å². The molecule has 0 radical (unpaired) electrons. The van der Waals surface area contributed by atoms with Gasteiger partial charge in [0.2, 0.25) is 0 Å². The zero-order valence-electron chi connectivity index (χ0n) is 20.1. The van der Waals surface area contributed by atoms with E-state index >= 15 is 0 Å². The Morgan fingerprint density at radius 1 is 0.879 bits per heavy atom. The number of ether oxygens (including phenoxy) is 1. The Balaban J connectivity index is 1.55. The SMILES string of the molecule is Cc1cccc(C)c1NC(=O)C1([N+]2(CC(=O)OCc3ccccc3)CCCCCCC2)CC1. The van der Waals surface area contributed by atoms with E-state index in [-0.39, 0.29) is 25.0 Å². The molecule has 1 N–H and O–H groups in total. The second-order valence-electron chi connectivity index (χ2n) is 9.92. The maximum atomic E-state index is 13.8. The summed E-state index contributed by atoms with van der Waals surface area (Å²) < 4.78 is 6.24. The van der Waals surface area contributed by atoms with Gasteiger partial charge in [0.15, 0.2) is 12.1 Å². The predicted octanol–water partition coefficient (Wildman–Crippen LogP) is 5.30. The number of benzene rings is 2. The van der Waals surface area contributed by atoms with Crippen molar-refractivity contribution in [1.29, 1.82) is 0 Å². The van der Waals surface area contributed by atoms with E-state index in [1.807, 2.05) is 62.4 Å². The lowest BCUT2D eigenvalue weighted by Gasteiger charge is -2.45. The lowest BCUT2D eigenvalue weighted by molar-refractivity contribution is -0.946. The fraction of sp³-hybridized carbons (Fsp3) is 0.500. The maximum absolute atomic E-state index is 13.8. The molecule has 1 saturated heterocycles. The number of aryl methyl sites for hydroxylation is 2. The molecule has 33 heavy (non-hydrogen) atoms. The van der Waals surface area contributed by atoms with Gasteiger partial charge < -0.3 is 14.5 Å². The molecule has 1 aliphatic heterocycles. The van der Waals surface area contributed by atoms with Gasteiger partial charge in [0.1, 0.15) is 6.61 Å². The van der Waals surface area contributed by atoms with Gasteiger partial charge in [0, 0.05) is 18.5 Å². The first-order chi connectivity index (χ1) is 16.0. The Morgan fingerprint density at radius 2 is 1.48 bits per heavy atom. The van der Waals surface area contributed by atoms with Crippen LogP contribution in [0, 0.1) is 13.8 Å². The first-order valence-corrected chi connectivity index (χ1v) is 12.4. The third-order valence-corrected chi connectivity index (χ3v) is 7.62. The van der Waals surface area contributed by atoms with Gasteiger partial charge in [-0.1, -0.05) is 55.0 Å². The average molecular weight is 450 g/mol. The number of quaternary nitrogens is 1. The van der Waals surface area contributed by atoms with Crippen molar-refractivity contribution in [3.63, 3.8) is 0 Å². The highest BCUT2D eigenvalue weighted by molar-refractivity contribution is 6.00. The second-order valence-corrected chi connectivity index (χ2v) is 9.92. The summed E-state index contributed by atoms with van der Waals surface area (Å²) >= 11 is 0. The molecule has 0 atom stereocenters. The molecule has 5 heteroatoms. The molecule has 1 amide bonds. The molecule has 2 aromatic rings. The average Bonchev–Trinajstić information content (AvgIpc) is 3.60. The summed E-state index contributed by atoms with van der Waals surface area (Å²) in [4.78, 5) is 26.9. The zero-order chi connectivity index (χ0) is 23.3. The van der Waals surface area contributed by atoms with Crippen LogP contribution in [0.5, 0.6) is 0 Å². The van der Waals surface area contributed by atoms with Crippen LogP contribution in [-0.2, 0) is 20.9 Å². The second kappa shape index (κ2) is 10.1. The Morgan fingerprint density at radius 3 is 2.09 bits per heavy atom. The van der Waals surface area contributed by atoms with Crippen LogP contribution in [-0.4, -0.2) is 41.5 Å². The minimum atomic E-state index is -0.530. The molecule has 4 rings (SSSR count). The zero-order valence-corrected chi connectivity index (χ0v) is 20.1. The molecule has 176 valence electrons. The van der Waals surface area contributed by atoms with Crippen LogP contribution in [0.4, 0.5) is 5.69 Å². The predicted molar refractivity (Wildman–Crippen MR) is 131 cm³/mol. The van der Waals surface area contributed by atoms with Crippen LogP contribution in [0.15, 0.2) is 48.5 Å². The minimum Gasteiger partial charge on any atom is -0.457 e. The number of carbonyl (C=O) groups excluding carboxylic acids is 2. The van der Waals surface area contributed by atoms with Crippen LogP contribution in [0.2, 0.25) is 0 Å². The Labute approximate surface area is 197 Å². The molecule has 1 aliphatic carbocycles. The molecule has 2 fully saturated rings. The number of rotatable bonds is 7. The first-order valence-electron chi connectivity index (χ1n) is 12.4. The number of anilines is 1. The Kier molecular flexibility index (Phi) is 7.18.